The normalized spacial score (nSPS) is 24.1. The molecule has 1 amide bonds. The SMILES string of the molecule is COc1cc(C(=O)N2CC[NH+]([C@@H]3CCS(=O)(=O)C3)CC2)ccc1C. The third kappa shape index (κ3) is 3.57. The molecule has 0 aliphatic carbocycles. The van der Waals surface area contributed by atoms with Gasteiger partial charge in [0.15, 0.2) is 9.84 Å². The summed E-state index contributed by atoms with van der Waals surface area (Å²) < 4.78 is 28.6. The summed E-state index contributed by atoms with van der Waals surface area (Å²) >= 11 is 0. The minimum atomic E-state index is -2.84. The Hall–Kier alpha value is -1.60. The van der Waals surface area contributed by atoms with Gasteiger partial charge in [0.1, 0.15) is 17.5 Å². The summed E-state index contributed by atoms with van der Waals surface area (Å²) in [4.78, 5) is 15.9. The molecule has 1 atom stereocenters. The lowest BCUT2D eigenvalue weighted by Gasteiger charge is -2.35. The summed E-state index contributed by atoms with van der Waals surface area (Å²) in [6, 6.07) is 5.73. The second kappa shape index (κ2) is 6.72. The predicted octanol–water partition coefficient (Wildman–Crippen LogP) is -0.469. The van der Waals surface area contributed by atoms with Crippen LogP contribution in [0, 0.1) is 6.92 Å². The molecule has 0 unspecified atom stereocenters. The molecule has 24 heavy (non-hydrogen) atoms. The molecule has 1 aromatic rings. The summed E-state index contributed by atoms with van der Waals surface area (Å²) in [5, 5.41) is 0. The number of hydrogen-bond donors (Lipinski definition) is 1. The zero-order valence-electron chi connectivity index (χ0n) is 14.2. The number of sulfone groups is 1. The Morgan fingerprint density at radius 3 is 2.58 bits per heavy atom. The quantitative estimate of drug-likeness (QED) is 0.798. The minimum Gasteiger partial charge on any atom is -0.496 e. The maximum atomic E-state index is 12.7. The van der Waals surface area contributed by atoms with Crippen LogP contribution in [0.1, 0.15) is 22.3 Å². The molecular weight excluding hydrogens is 328 g/mol. The van der Waals surface area contributed by atoms with Crippen molar-refractivity contribution >= 4 is 15.7 Å². The lowest BCUT2D eigenvalue weighted by molar-refractivity contribution is -0.925. The lowest BCUT2D eigenvalue weighted by Crippen LogP contribution is -3.18. The van der Waals surface area contributed by atoms with E-state index in [0.29, 0.717) is 30.2 Å². The molecule has 7 heteroatoms. The molecule has 0 radical (unpaired) electrons. The van der Waals surface area contributed by atoms with Crippen LogP contribution in [0.15, 0.2) is 18.2 Å². The summed E-state index contributed by atoms with van der Waals surface area (Å²) in [5.41, 5.74) is 1.65. The number of rotatable bonds is 3. The summed E-state index contributed by atoms with van der Waals surface area (Å²) in [6.07, 6.45) is 0.751. The van der Waals surface area contributed by atoms with Gasteiger partial charge in [-0.1, -0.05) is 6.07 Å². The Balaban J connectivity index is 1.61. The van der Waals surface area contributed by atoms with Crippen molar-refractivity contribution < 1.29 is 22.8 Å². The van der Waals surface area contributed by atoms with Gasteiger partial charge < -0.3 is 14.5 Å². The smallest absolute Gasteiger partial charge is 0.254 e. The molecule has 1 N–H and O–H groups in total. The number of hydrogen-bond acceptors (Lipinski definition) is 4. The van der Waals surface area contributed by atoms with Gasteiger partial charge in [-0.25, -0.2) is 8.42 Å². The Bertz CT molecular complexity index is 724. The zero-order valence-corrected chi connectivity index (χ0v) is 15.1. The zero-order chi connectivity index (χ0) is 17.3. The summed E-state index contributed by atoms with van der Waals surface area (Å²) in [5.74, 6) is 1.35. The van der Waals surface area contributed by atoms with Crippen LogP contribution in [0.25, 0.3) is 0 Å². The molecule has 6 nitrogen and oxygen atoms in total. The fourth-order valence-electron chi connectivity index (χ4n) is 3.66. The largest absolute Gasteiger partial charge is 0.496 e. The number of carbonyl (C=O) groups is 1. The van der Waals surface area contributed by atoms with Gasteiger partial charge in [0.2, 0.25) is 0 Å². The molecule has 0 aromatic heterocycles. The van der Waals surface area contributed by atoms with Gasteiger partial charge in [0.25, 0.3) is 5.91 Å². The fraction of sp³-hybridized carbons (Fsp3) is 0.588. The second-order valence-electron chi connectivity index (χ2n) is 6.73. The van der Waals surface area contributed by atoms with Gasteiger partial charge >= 0.3 is 0 Å². The average molecular weight is 353 g/mol. The summed E-state index contributed by atoms with van der Waals surface area (Å²) in [7, 11) is -1.24. The highest BCUT2D eigenvalue weighted by Gasteiger charge is 2.37. The van der Waals surface area contributed by atoms with Crippen molar-refractivity contribution in [3.63, 3.8) is 0 Å². The number of nitrogens with one attached hydrogen (secondary N) is 1. The average Bonchev–Trinajstić information content (AvgIpc) is 2.95. The van der Waals surface area contributed by atoms with Crippen LogP contribution in [0.4, 0.5) is 0 Å². The first kappa shape index (κ1) is 17.2. The van der Waals surface area contributed by atoms with Crippen LogP contribution >= 0.6 is 0 Å². The molecule has 2 fully saturated rings. The number of nitrogens with zero attached hydrogens (tertiary/aromatic N) is 1. The maximum absolute atomic E-state index is 12.7. The number of methoxy groups -OCH3 is 1. The number of benzene rings is 1. The molecular formula is C17H25N2O4S+. The molecule has 2 aliphatic heterocycles. The highest BCUT2D eigenvalue weighted by molar-refractivity contribution is 7.91. The highest BCUT2D eigenvalue weighted by atomic mass is 32.2. The van der Waals surface area contributed by atoms with Gasteiger partial charge in [-0.3, -0.25) is 4.79 Å². The van der Waals surface area contributed by atoms with E-state index in [9.17, 15) is 13.2 Å². The van der Waals surface area contributed by atoms with E-state index < -0.39 is 9.84 Å². The number of quaternary nitrogens is 1. The predicted molar refractivity (Wildman–Crippen MR) is 91.4 cm³/mol. The van der Waals surface area contributed by atoms with E-state index in [1.54, 1.807) is 13.2 Å². The maximum Gasteiger partial charge on any atom is 0.254 e. The van der Waals surface area contributed by atoms with E-state index in [4.69, 9.17) is 4.74 Å². The van der Waals surface area contributed by atoms with Gasteiger partial charge in [0.05, 0.1) is 39.0 Å². The highest BCUT2D eigenvalue weighted by Crippen LogP contribution is 2.20. The topological polar surface area (TPSA) is 68.1 Å². The Kier molecular flexibility index (Phi) is 4.83. The van der Waals surface area contributed by atoms with Gasteiger partial charge in [0, 0.05) is 12.0 Å². The van der Waals surface area contributed by atoms with Crippen LogP contribution in [-0.4, -0.2) is 70.1 Å². The molecule has 0 saturated carbocycles. The molecule has 0 bridgehead atoms. The van der Waals surface area contributed by atoms with E-state index >= 15 is 0 Å². The fourth-order valence-corrected chi connectivity index (χ4v) is 5.48. The molecule has 1 aromatic carbocycles. The van der Waals surface area contributed by atoms with Crippen LogP contribution in [0.2, 0.25) is 0 Å². The third-order valence-corrected chi connectivity index (χ3v) is 6.93. The van der Waals surface area contributed by atoms with E-state index in [1.807, 2.05) is 24.0 Å². The van der Waals surface area contributed by atoms with Crippen LogP contribution in [0.5, 0.6) is 5.75 Å². The first-order valence-corrected chi connectivity index (χ1v) is 10.2. The van der Waals surface area contributed by atoms with E-state index in [-0.39, 0.29) is 11.9 Å². The van der Waals surface area contributed by atoms with Gasteiger partial charge in [-0.15, -0.1) is 0 Å². The second-order valence-corrected chi connectivity index (χ2v) is 8.96. The number of aryl methyl sites for hydroxylation is 1. The lowest BCUT2D eigenvalue weighted by atomic mass is 10.1. The third-order valence-electron chi connectivity index (χ3n) is 5.16. The number of amides is 1. The number of piperazine rings is 1. The van der Waals surface area contributed by atoms with Crippen molar-refractivity contribution in [1.82, 2.24) is 4.90 Å². The number of carbonyl (C=O) groups excluding carboxylic acids is 1. The van der Waals surface area contributed by atoms with E-state index in [0.717, 1.165) is 30.8 Å². The molecule has 2 saturated heterocycles. The molecule has 2 aliphatic rings. The Labute approximate surface area is 143 Å². The molecule has 2 heterocycles. The first-order valence-electron chi connectivity index (χ1n) is 8.38. The Morgan fingerprint density at radius 1 is 1.29 bits per heavy atom. The standard InChI is InChI=1S/C17H24N2O4S/c1-13-3-4-14(11-16(13)23-2)17(20)19-8-6-18(7-9-19)15-5-10-24(21,22)12-15/h3-4,11,15H,5-10,12H2,1-2H3/p+1/t15-/m1/s1. The molecule has 3 rings (SSSR count). The van der Waals surface area contributed by atoms with E-state index in [2.05, 4.69) is 0 Å². The molecule has 132 valence electrons. The van der Waals surface area contributed by atoms with Crippen molar-refractivity contribution in [2.75, 3.05) is 44.8 Å². The van der Waals surface area contributed by atoms with Crippen molar-refractivity contribution in [3.05, 3.63) is 29.3 Å². The van der Waals surface area contributed by atoms with E-state index in [1.165, 1.54) is 4.90 Å². The molecule has 0 spiro atoms. The van der Waals surface area contributed by atoms with Crippen LogP contribution < -0.4 is 9.64 Å². The Morgan fingerprint density at radius 2 is 2.00 bits per heavy atom. The van der Waals surface area contributed by atoms with Crippen LogP contribution in [-0.2, 0) is 9.84 Å². The van der Waals surface area contributed by atoms with Crippen LogP contribution in [0.3, 0.4) is 0 Å². The van der Waals surface area contributed by atoms with Crippen molar-refractivity contribution in [2.45, 2.75) is 19.4 Å². The van der Waals surface area contributed by atoms with Crippen molar-refractivity contribution in [3.8, 4) is 5.75 Å². The minimum absolute atomic E-state index is 0.0198. The summed E-state index contributed by atoms with van der Waals surface area (Å²) in [6.45, 7) is 4.91. The van der Waals surface area contributed by atoms with Crippen molar-refractivity contribution in [2.24, 2.45) is 0 Å². The van der Waals surface area contributed by atoms with Gasteiger partial charge in [-0.2, -0.15) is 0 Å². The first-order chi connectivity index (χ1) is 11.4. The number of ether oxygens (including phenoxy) is 1. The van der Waals surface area contributed by atoms with Crippen molar-refractivity contribution in [1.29, 1.82) is 0 Å². The van der Waals surface area contributed by atoms with Gasteiger partial charge in [-0.05, 0) is 24.6 Å². The monoisotopic (exact) mass is 353 g/mol.